The Bertz CT molecular complexity index is 602. The molecule has 98 valence electrons. The van der Waals surface area contributed by atoms with Gasteiger partial charge in [0.2, 0.25) is 5.91 Å². The molecular weight excluding hydrogens is 241 g/mol. The van der Waals surface area contributed by atoms with E-state index in [4.69, 9.17) is 5.73 Å². The molecule has 19 heavy (non-hydrogen) atoms. The van der Waals surface area contributed by atoms with Gasteiger partial charge in [0.05, 0.1) is 5.41 Å². The van der Waals surface area contributed by atoms with Gasteiger partial charge in [-0.2, -0.15) is 0 Å². The van der Waals surface area contributed by atoms with Crippen molar-refractivity contribution in [2.45, 2.75) is 19.3 Å². The molecular formula is C16H16FNO. The summed E-state index contributed by atoms with van der Waals surface area (Å²) in [6.45, 7) is 3.54. The van der Waals surface area contributed by atoms with Crippen LogP contribution in [0.5, 0.6) is 0 Å². The number of nitrogens with two attached hydrogens (primary N) is 1. The molecule has 1 amide bonds. The average molecular weight is 257 g/mol. The molecule has 2 aromatic carbocycles. The predicted octanol–water partition coefficient (Wildman–Crippen LogP) is 3.26. The molecule has 0 saturated heterocycles. The van der Waals surface area contributed by atoms with Crippen LogP contribution < -0.4 is 5.73 Å². The van der Waals surface area contributed by atoms with E-state index < -0.39 is 5.41 Å². The van der Waals surface area contributed by atoms with Gasteiger partial charge in [-0.1, -0.05) is 42.5 Å². The summed E-state index contributed by atoms with van der Waals surface area (Å²) in [6, 6.07) is 13.8. The molecule has 0 spiro atoms. The standard InChI is InChI=1S/C16H16FNO/c1-16(2,15(18)19)12-9-7-11(8-10-12)13-5-3-4-6-14(13)17/h3-10H,1-2H3,(H2,18,19). The SMILES string of the molecule is CC(C)(C(N)=O)c1ccc(-c2ccccc2F)cc1. The molecule has 0 aliphatic heterocycles. The van der Waals surface area contributed by atoms with Crippen molar-refractivity contribution in [3.63, 3.8) is 0 Å². The van der Waals surface area contributed by atoms with Crippen molar-refractivity contribution in [1.82, 2.24) is 0 Å². The van der Waals surface area contributed by atoms with Gasteiger partial charge in [-0.3, -0.25) is 4.79 Å². The quantitative estimate of drug-likeness (QED) is 0.901. The molecule has 0 radical (unpaired) electrons. The summed E-state index contributed by atoms with van der Waals surface area (Å²) < 4.78 is 13.7. The minimum absolute atomic E-state index is 0.260. The van der Waals surface area contributed by atoms with E-state index in [2.05, 4.69) is 0 Å². The molecule has 3 heteroatoms. The van der Waals surface area contributed by atoms with Gasteiger partial charge in [0.25, 0.3) is 0 Å². The molecule has 0 heterocycles. The van der Waals surface area contributed by atoms with Gasteiger partial charge in [-0.25, -0.2) is 4.39 Å². The Kier molecular flexibility index (Phi) is 3.38. The molecule has 0 unspecified atom stereocenters. The van der Waals surface area contributed by atoms with E-state index in [1.807, 2.05) is 12.1 Å². The lowest BCUT2D eigenvalue weighted by Gasteiger charge is -2.21. The molecule has 2 N–H and O–H groups in total. The summed E-state index contributed by atoms with van der Waals surface area (Å²) in [5, 5.41) is 0. The van der Waals surface area contributed by atoms with Crippen molar-refractivity contribution in [2.24, 2.45) is 5.73 Å². The molecule has 2 nitrogen and oxygen atoms in total. The first kappa shape index (κ1) is 13.3. The highest BCUT2D eigenvalue weighted by Gasteiger charge is 2.27. The Balaban J connectivity index is 2.40. The number of benzene rings is 2. The van der Waals surface area contributed by atoms with E-state index in [9.17, 15) is 9.18 Å². The number of primary amides is 1. The van der Waals surface area contributed by atoms with E-state index in [0.717, 1.165) is 11.1 Å². The second-order valence-electron chi connectivity index (χ2n) is 5.05. The first-order valence-corrected chi connectivity index (χ1v) is 6.08. The van der Waals surface area contributed by atoms with Crippen molar-refractivity contribution in [2.75, 3.05) is 0 Å². The summed E-state index contributed by atoms with van der Waals surface area (Å²) in [5.74, 6) is -0.643. The number of amides is 1. The number of halogens is 1. The van der Waals surface area contributed by atoms with Gasteiger partial charge >= 0.3 is 0 Å². The van der Waals surface area contributed by atoms with Crippen LogP contribution in [0.2, 0.25) is 0 Å². The third-order valence-electron chi connectivity index (χ3n) is 3.41. The monoisotopic (exact) mass is 257 g/mol. The fourth-order valence-corrected chi connectivity index (χ4v) is 1.90. The van der Waals surface area contributed by atoms with Crippen LogP contribution in [0.1, 0.15) is 19.4 Å². The summed E-state index contributed by atoms with van der Waals surface area (Å²) in [4.78, 5) is 11.4. The summed E-state index contributed by atoms with van der Waals surface area (Å²) in [7, 11) is 0. The molecule has 0 aromatic heterocycles. The number of carbonyl (C=O) groups excluding carboxylic acids is 1. The normalized spacial score (nSPS) is 11.3. The van der Waals surface area contributed by atoms with Gasteiger partial charge < -0.3 is 5.73 Å². The summed E-state index contributed by atoms with van der Waals surface area (Å²) in [6.07, 6.45) is 0. The minimum atomic E-state index is -0.728. The van der Waals surface area contributed by atoms with Crippen LogP contribution >= 0.6 is 0 Å². The Labute approximate surface area is 112 Å². The molecule has 2 aromatic rings. The number of rotatable bonds is 3. The van der Waals surface area contributed by atoms with Crippen LogP contribution in [-0.4, -0.2) is 5.91 Å². The zero-order valence-corrected chi connectivity index (χ0v) is 11.0. The lowest BCUT2D eigenvalue weighted by atomic mass is 9.83. The number of hydrogen-bond donors (Lipinski definition) is 1. The van der Waals surface area contributed by atoms with Gasteiger partial charge in [-0.15, -0.1) is 0 Å². The summed E-state index contributed by atoms with van der Waals surface area (Å²) in [5.41, 5.74) is 6.79. The van der Waals surface area contributed by atoms with Crippen LogP contribution in [-0.2, 0) is 10.2 Å². The van der Waals surface area contributed by atoms with Gasteiger partial charge in [0.15, 0.2) is 0 Å². The smallest absolute Gasteiger partial charge is 0.227 e. The first-order chi connectivity index (χ1) is 8.93. The lowest BCUT2D eigenvalue weighted by Crippen LogP contribution is -2.35. The van der Waals surface area contributed by atoms with Crippen molar-refractivity contribution in [3.8, 4) is 11.1 Å². The van der Waals surface area contributed by atoms with Gasteiger partial charge in [0.1, 0.15) is 5.82 Å². The molecule has 0 aliphatic rings. The second-order valence-corrected chi connectivity index (χ2v) is 5.05. The van der Waals surface area contributed by atoms with Crippen molar-refractivity contribution < 1.29 is 9.18 Å². The Hall–Kier alpha value is -2.16. The largest absolute Gasteiger partial charge is 0.369 e. The molecule has 0 saturated carbocycles. The molecule has 0 bridgehead atoms. The number of carbonyl (C=O) groups is 1. The van der Waals surface area contributed by atoms with E-state index in [-0.39, 0.29) is 11.7 Å². The highest BCUT2D eigenvalue weighted by atomic mass is 19.1. The fourth-order valence-electron chi connectivity index (χ4n) is 1.90. The highest BCUT2D eigenvalue weighted by Crippen LogP contribution is 2.27. The van der Waals surface area contributed by atoms with E-state index in [1.165, 1.54) is 6.07 Å². The van der Waals surface area contributed by atoms with Gasteiger partial charge in [-0.05, 0) is 31.0 Å². The van der Waals surface area contributed by atoms with E-state index in [0.29, 0.717) is 5.56 Å². The first-order valence-electron chi connectivity index (χ1n) is 6.08. The highest BCUT2D eigenvalue weighted by molar-refractivity contribution is 5.85. The van der Waals surface area contributed by atoms with E-state index >= 15 is 0 Å². The fraction of sp³-hybridized carbons (Fsp3) is 0.188. The maximum absolute atomic E-state index is 13.7. The minimum Gasteiger partial charge on any atom is -0.369 e. The lowest BCUT2D eigenvalue weighted by molar-refractivity contribution is -0.122. The second kappa shape index (κ2) is 4.84. The third-order valence-corrected chi connectivity index (χ3v) is 3.41. The Morgan fingerprint density at radius 3 is 2.16 bits per heavy atom. The average Bonchev–Trinajstić information content (AvgIpc) is 2.39. The van der Waals surface area contributed by atoms with Crippen molar-refractivity contribution in [1.29, 1.82) is 0 Å². The maximum Gasteiger partial charge on any atom is 0.227 e. The van der Waals surface area contributed by atoms with E-state index in [1.54, 1.807) is 44.2 Å². The van der Waals surface area contributed by atoms with Crippen molar-refractivity contribution >= 4 is 5.91 Å². The maximum atomic E-state index is 13.7. The molecule has 2 rings (SSSR count). The third kappa shape index (κ3) is 2.50. The van der Waals surface area contributed by atoms with Crippen LogP contribution in [0, 0.1) is 5.82 Å². The van der Waals surface area contributed by atoms with Crippen LogP contribution in [0.25, 0.3) is 11.1 Å². The predicted molar refractivity (Wildman–Crippen MR) is 74.1 cm³/mol. The van der Waals surface area contributed by atoms with Gasteiger partial charge in [0, 0.05) is 5.56 Å². The molecule has 0 atom stereocenters. The Morgan fingerprint density at radius 2 is 1.63 bits per heavy atom. The zero-order chi connectivity index (χ0) is 14.0. The van der Waals surface area contributed by atoms with Crippen LogP contribution in [0.15, 0.2) is 48.5 Å². The zero-order valence-electron chi connectivity index (χ0n) is 11.0. The molecule has 0 fully saturated rings. The summed E-state index contributed by atoms with van der Waals surface area (Å²) >= 11 is 0. The topological polar surface area (TPSA) is 43.1 Å². The van der Waals surface area contributed by atoms with Crippen LogP contribution in [0.4, 0.5) is 4.39 Å². The van der Waals surface area contributed by atoms with Crippen LogP contribution in [0.3, 0.4) is 0 Å². The van der Waals surface area contributed by atoms with Crippen molar-refractivity contribution in [3.05, 3.63) is 59.9 Å². The Morgan fingerprint density at radius 1 is 1.05 bits per heavy atom. The molecule has 0 aliphatic carbocycles. The number of hydrogen-bond acceptors (Lipinski definition) is 1.